The molecule has 2 fully saturated rings. The molecule has 1 aromatic rings. The van der Waals surface area contributed by atoms with Crippen LogP contribution in [0.1, 0.15) is 38.3 Å². The molecule has 3 rings (SSSR count). The number of hydrogen-bond donors (Lipinski definition) is 1. The Bertz CT molecular complexity index is 492. The van der Waals surface area contributed by atoms with Crippen molar-refractivity contribution in [1.29, 1.82) is 0 Å². The van der Waals surface area contributed by atoms with E-state index in [0.29, 0.717) is 6.04 Å². The fourth-order valence-electron chi connectivity index (χ4n) is 4.29. The Morgan fingerprint density at radius 2 is 2.14 bits per heavy atom. The van der Waals surface area contributed by atoms with Crippen LogP contribution in [0.4, 0.5) is 0 Å². The van der Waals surface area contributed by atoms with E-state index in [1.54, 1.807) is 20.4 Å². The molecule has 4 atom stereocenters. The summed E-state index contributed by atoms with van der Waals surface area (Å²) in [6.07, 6.45) is 7.53. The van der Waals surface area contributed by atoms with Gasteiger partial charge in [0.2, 0.25) is 0 Å². The molecule has 0 saturated heterocycles. The van der Waals surface area contributed by atoms with E-state index < -0.39 is 0 Å². The molecule has 2 aliphatic rings. The Morgan fingerprint density at radius 3 is 2.76 bits per heavy atom. The number of pyridine rings is 1. The van der Waals surface area contributed by atoms with E-state index in [0.717, 1.165) is 41.5 Å². The number of fused-ring (bicyclic) bond motifs is 2. The predicted octanol–water partition coefficient (Wildman–Crippen LogP) is 3.01. The average Bonchev–Trinajstić information content (AvgIpc) is 3.14. The van der Waals surface area contributed by atoms with Gasteiger partial charge in [-0.1, -0.05) is 6.42 Å². The molecule has 1 aromatic heterocycles. The topological polar surface area (TPSA) is 43.4 Å². The minimum atomic E-state index is 0.540. The lowest BCUT2D eigenvalue weighted by molar-refractivity contribution is 0.257. The molecule has 4 nitrogen and oxygen atoms in total. The van der Waals surface area contributed by atoms with Gasteiger partial charge in [-0.05, 0) is 43.9 Å². The summed E-state index contributed by atoms with van der Waals surface area (Å²) in [6.45, 7) is 3.05. The van der Waals surface area contributed by atoms with Crippen LogP contribution in [0.3, 0.4) is 0 Å². The highest BCUT2D eigenvalue weighted by molar-refractivity contribution is 5.42. The van der Waals surface area contributed by atoms with Gasteiger partial charge in [0.1, 0.15) is 0 Å². The zero-order valence-corrected chi connectivity index (χ0v) is 13.3. The maximum atomic E-state index is 5.45. The molecule has 2 aliphatic carbocycles. The van der Waals surface area contributed by atoms with E-state index >= 15 is 0 Å². The first-order chi connectivity index (χ1) is 10.2. The van der Waals surface area contributed by atoms with Crippen LogP contribution < -0.4 is 14.8 Å². The van der Waals surface area contributed by atoms with Gasteiger partial charge >= 0.3 is 0 Å². The largest absolute Gasteiger partial charge is 0.493 e. The molecule has 1 heterocycles. The van der Waals surface area contributed by atoms with Gasteiger partial charge in [0, 0.05) is 24.8 Å². The summed E-state index contributed by atoms with van der Waals surface area (Å²) in [5, 5.41) is 3.65. The third kappa shape index (κ3) is 2.86. The van der Waals surface area contributed by atoms with Crippen molar-refractivity contribution in [2.24, 2.45) is 17.8 Å². The third-order valence-corrected chi connectivity index (χ3v) is 5.39. The molecule has 21 heavy (non-hydrogen) atoms. The molecular weight excluding hydrogens is 264 g/mol. The average molecular weight is 290 g/mol. The first-order valence-corrected chi connectivity index (χ1v) is 8.02. The SMILES string of the molecule is COc1ccnc(CNC(C)C2CC3CCC2C3)c1OC. The second-order valence-corrected chi connectivity index (χ2v) is 6.50. The molecule has 4 heteroatoms. The van der Waals surface area contributed by atoms with Crippen LogP contribution in [0.5, 0.6) is 11.5 Å². The Hall–Kier alpha value is -1.29. The molecule has 0 amide bonds. The predicted molar refractivity (Wildman–Crippen MR) is 82.6 cm³/mol. The molecule has 2 saturated carbocycles. The highest BCUT2D eigenvalue weighted by Crippen LogP contribution is 2.49. The highest BCUT2D eigenvalue weighted by Gasteiger charge is 2.41. The minimum absolute atomic E-state index is 0.540. The molecule has 1 N–H and O–H groups in total. The number of hydrogen-bond acceptors (Lipinski definition) is 4. The normalized spacial score (nSPS) is 28.6. The first kappa shape index (κ1) is 14.6. The summed E-state index contributed by atoms with van der Waals surface area (Å²) in [4.78, 5) is 4.44. The summed E-state index contributed by atoms with van der Waals surface area (Å²) in [7, 11) is 3.33. The Kier molecular flexibility index (Phi) is 4.34. The molecule has 0 aromatic carbocycles. The van der Waals surface area contributed by atoms with Crippen LogP contribution in [0.25, 0.3) is 0 Å². The van der Waals surface area contributed by atoms with E-state index in [-0.39, 0.29) is 0 Å². The van der Waals surface area contributed by atoms with Crippen molar-refractivity contribution in [3.8, 4) is 11.5 Å². The third-order valence-electron chi connectivity index (χ3n) is 5.39. The summed E-state index contributed by atoms with van der Waals surface area (Å²) < 4.78 is 10.8. The second-order valence-electron chi connectivity index (χ2n) is 6.50. The first-order valence-electron chi connectivity index (χ1n) is 8.02. The van der Waals surface area contributed by atoms with Gasteiger partial charge < -0.3 is 14.8 Å². The molecule has 2 bridgehead atoms. The van der Waals surface area contributed by atoms with Crippen LogP contribution in [0, 0.1) is 17.8 Å². The number of rotatable bonds is 6. The zero-order chi connectivity index (χ0) is 14.8. The molecule has 116 valence electrons. The van der Waals surface area contributed by atoms with Crippen LogP contribution in [0.2, 0.25) is 0 Å². The van der Waals surface area contributed by atoms with Crippen molar-refractivity contribution in [2.75, 3.05) is 14.2 Å². The number of ether oxygens (including phenoxy) is 2. The van der Waals surface area contributed by atoms with Gasteiger partial charge in [0.15, 0.2) is 11.5 Å². The number of aromatic nitrogens is 1. The highest BCUT2D eigenvalue weighted by atomic mass is 16.5. The van der Waals surface area contributed by atoms with Crippen LogP contribution in [0.15, 0.2) is 12.3 Å². The number of methoxy groups -OCH3 is 2. The van der Waals surface area contributed by atoms with Crippen LogP contribution in [-0.2, 0) is 6.54 Å². The maximum absolute atomic E-state index is 5.45. The lowest BCUT2D eigenvalue weighted by Gasteiger charge is -2.28. The van der Waals surface area contributed by atoms with Crippen molar-refractivity contribution >= 4 is 0 Å². The molecular formula is C17H26N2O2. The van der Waals surface area contributed by atoms with E-state index in [4.69, 9.17) is 9.47 Å². The Balaban J connectivity index is 1.62. The smallest absolute Gasteiger partial charge is 0.183 e. The monoisotopic (exact) mass is 290 g/mol. The zero-order valence-electron chi connectivity index (χ0n) is 13.3. The van der Waals surface area contributed by atoms with Gasteiger partial charge in [0.05, 0.1) is 19.9 Å². The second kappa shape index (κ2) is 6.22. The quantitative estimate of drug-likeness (QED) is 0.874. The van der Waals surface area contributed by atoms with Gasteiger partial charge in [0.25, 0.3) is 0 Å². The lowest BCUT2D eigenvalue weighted by atomic mass is 9.84. The maximum Gasteiger partial charge on any atom is 0.183 e. The summed E-state index contributed by atoms with van der Waals surface area (Å²) in [6, 6.07) is 2.37. The molecule has 0 spiro atoms. The van der Waals surface area contributed by atoms with Crippen molar-refractivity contribution in [2.45, 2.75) is 45.2 Å². The summed E-state index contributed by atoms with van der Waals surface area (Å²) >= 11 is 0. The van der Waals surface area contributed by atoms with E-state index in [1.807, 2.05) is 6.07 Å². The van der Waals surface area contributed by atoms with Crippen molar-refractivity contribution in [1.82, 2.24) is 10.3 Å². The fourth-order valence-corrected chi connectivity index (χ4v) is 4.29. The number of nitrogens with one attached hydrogen (secondary N) is 1. The Morgan fingerprint density at radius 1 is 1.29 bits per heavy atom. The van der Waals surface area contributed by atoms with E-state index in [2.05, 4.69) is 17.2 Å². The van der Waals surface area contributed by atoms with Gasteiger partial charge in [-0.15, -0.1) is 0 Å². The molecule has 0 radical (unpaired) electrons. The van der Waals surface area contributed by atoms with E-state index in [9.17, 15) is 0 Å². The summed E-state index contributed by atoms with van der Waals surface area (Å²) in [5.74, 6) is 4.26. The van der Waals surface area contributed by atoms with Gasteiger partial charge in [-0.2, -0.15) is 0 Å². The Labute approximate surface area is 127 Å². The minimum Gasteiger partial charge on any atom is -0.493 e. The van der Waals surface area contributed by atoms with Gasteiger partial charge in [-0.3, -0.25) is 4.98 Å². The van der Waals surface area contributed by atoms with E-state index in [1.165, 1.54) is 25.7 Å². The fraction of sp³-hybridized carbons (Fsp3) is 0.706. The summed E-state index contributed by atoms with van der Waals surface area (Å²) in [5.41, 5.74) is 0.923. The van der Waals surface area contributed by atoms with Crippen molar-refractivity contribution in [3.05, 3.63) is 18.0 Å². The molecule has 4 unspecified atom stereocenters. The van der Waals surface area contributed by atoms with Crippen molar-refractivity contribution < 1.29 is 9.47 Å². The lowest BCUT2D eigenvalue weighted by Crippen LogP contribution is -2.36. The van der Waals surface area contributed by atoms with Crippen LogP contribution >= 0.6 is 0 Å². The van der Waals surface area contributed by atoms with Crippen LogP contribution in [-0.4, -0.2) is 25.2 Å². The van der Waals surface area contributed by atoms with Crippen molar-refractivity contribution in [3.63, 3.8) is 0 Å². The standard InChI is InChI=1S/C17H26N2O2/c1-11(14-9-12-4-5-13(14)8-12)19-10-15-17(21-3)16(20-2)6-7-18-15/h6-7,11-14,19H,4-5,8-10H2,1-3H3. The van der Waals surface area contributed by atoms with Gasteiger partial charge in [-0.25, -0.2) is 0 Å². The number of nitrogens with zero attached hydrogens (tertiary/aromatic N) is 1. The molecule has 0 aliphatic heterocycles.